The van der Waals surface area contributed by atoms with Gasteiger partial charge in [-0.2, -0.15) is 5.10 Å². The van der Waals surface area contributed by atoms with E-state index in [1.54, 1.807) is 23.3 Å². The highest BCUT2D eigenvalue weighted by molar-refractivity contribution is 7.93. The first-order chi connectivity index (χ1) is 13.9. The topological polar surface area (TPSA) is 88.9 Å². The normalized spacial score (nSPS) is 11.4. The van der Waals surface area contributed by atoms with Crippen LogP contribution in [-0.2, 0) is 17.1 Å². The summed E-state index contributed by atoms with van der Waals surface area (Å²) in [4.78, 5) is 3.40. The monoisotopic (exact) mass is 429 g/mol. The molecule has 0 radical (unpaired) electrons. The number of thiazole rings is 1. The highest BCUT2D eigenvalue weighted by atomic mass is 32.2. The molecule has 0 aliphatic carbocycles. The first-order valence-corrected chi connectivity index (χ1v) is 10.9. The van der Waals surface area contributed by atoms with E-state index in [4.69, 9.17) is 0 Å². The average Bonchev–Trinajstić information content (AvgIpc) is 3.32. The number of hydrogen-bond donors (Lipinski definition) is 2. The van der Waals surface area contributed by atoms with Gasteiger partial charge in [-0.1, -0.05) is 30.3 Å². The van der Waals surface area contributed by atoms with E-state index in [-0.39, 0.29) is 5.13 Å². The van der Waals surface area contributed by atoms with E-state index in [1.165, 1.54) is 18.3 Å². The molecule has 0 amide bonds. The summed E-state index contributed by atoms with van der Waals surface area (Å²) in [5.74, 6) is -0.213. The summed E-state index contributed by atoms with van der Waals surface area (Å²) >= 11 is 1.11. The fourth-order valence-electron chi connectivity index (χ4n) is 2.79. The molecule has 7 nitrogen and oxygen atoms in total. The number of sulfonamides is 1. The van der Waals surface area contributed by atoms with Crippen molar-refractivity contribution in [2.24, 2.45) is 7.05 Å². The molecule has 0 fully saturated rings. The van der Waals surface area contributed by atoms with Gasteiger partial charge in [-0.05, 0) is 23.8 Å². The first-order valence-electron chi connectivity index (χ1n) is 8.50. The van der Waals surface area contributed by atoms with Crippen LogP contribution in [0.1, 0.15) is 0 Å². The van der Waals surface area contributed by atoms with Gasteiger partial charge in [-0.25, -0.2) is 17.8 Å². The highest BCUT2D eigenvalue weighted by Crippen LogP contribution is 2.31. The van der Waals surface area contributed by atoms with Crippen molar-refractivity contribution in [3.63, 3.8) is 0 Å². The second-order valence-corrected chi connectivity index (χ2v) is 8.65. The molecule has 0 unspecified atom stereocenters. The van der Waals surface area contributed by atoms with Crippen LogP contribution in [0.3, 0.4) is 0 Å². The minimum atomic E-state index is -4.07. The van der Waals surface area contributed by atoms with E-state index >= 15 is 0 Å². The molecule has 2 N–H and O–H groups in total. The molecule has 2 heterocycles. The second-order valence-electron chi connectivity index (χ2n) is 6.11. The number of hydrogen-bond acceptors (Lipinski definition) is 6. The molecule has 2 aromatic heterocycles. The summed E-state index contributed by atoms with van der Waals surface area (Å²) in [5, 5.41) is 9.18. The second kappa shape index (κ2) is 7.64. The Labute approximate surface area is 170 Å². The van der Waals surface area contributed by atoms with E-state index in [2.05, 4.69) is 20.1 Å². The Morgan fingerprint density at radius 1 is 1.14 bits per heavy atom. The van der Waals surface area contributed by atoms with E-state index in [1.807, 2.05) is 30.3 Å². The zero-order valence-corrected chi connectivity index (χ0v) is 16.8. The van der Waals surface area contributed by atoms with Crippen LogP contribution in [0.2, 0.25) is 0 Å². The summed E-state index contributed by atoms with van der Waals surface area (Å²) in [6.45, 7) is 0. The Balaban J connectivity index is 1.62. The van der Waals surface area contributed by atoms with Crippen molar-refractivity contribution in [3.05, 3.63) is 72.1 Å². The maximum absolute atomic E-state index is 14.6. The van der Waals surface area contributed by atoms with Crippen LogP contribution in [-0.4, -0.2) is 23.2 Å². The Morgan fingerprint density at radius 2 is 1.93 bits per heavy atom. The van der Waals surface area contributed by atoms with E-state index < -0.39 is 20.7 Å². The van der Waals surface area contributed by atoms with Gasteiger partial charge < -0.3 is 5.32 Å². The number of benzene rings is 2. The van der Waals surface area contributed by atoms with Gasteiger partial charge in [0.2, 0.25) is 0 Å². The molecule has 4 rings (SSSR count). The molecular formula is C19H16FN5O2S2. The standard InChI is InChI=1S/C19H16FN5O2S2/c1-25-18(15(12-22-25)13-5-3-2-4-6-13)23-14-7-8-17(16(20)11-14)29(26,27)24-19-21-9-10-28-19/h2-12,23H,1H3,(H,21,24). The Hall–Kier alpha value is -3.24. The zero-order valence-electron chi connectivity index (χ0n) is 15.2. The molecule has 4 aromatic rings. The van der Waals surface area contributed by atoms with Gasteiger partial charge in [0.25, 0.3) is 10.0 Å². The maximum atomic E-state index is 14.6. The summed E-state index contributed by atoms with van der Waals surface area (Å²) < 4.78 is 43.4. The quantitative estimate of drug-likeness (QED) is 0.479. The van der Waals surface area contributed by atoms with Gasteiger partial charge in [0.05, 0.1) is 6.20 Å². The predicted octanol–water partition coefficient (Wildman–Crippen LogP) is 4.23. The number of halogens is 1. The number of aromatic nitrogens is 3. The third-order valence-electron chi connectivity index (χ3n) is 4.16. The lowest BCUT2D eigenvalue weighted by molar-refractivity contribution is 0.570. The molecule has 0 atom stereocenters. The average molecular weight is 430 g/mol. The van der Waals surface area contributed by atoms with Crippen LogP contribution in [0.5, 0.6) is 0 Å². The minimum absolute atomic E-state index is 0.175. The van der Waals surface area contributed by atoms with Crippen LogP contribution in [0.15, 0.2) is 71.2 Å². The molecule has 0 spiro atoms. The Bertz CT molecular complexity index is 1240. The Morgan fingerprint density at radius 3 is 2.62 bits per heavy atom. The van der Waals surface area contributed by atoms with Gasteiger partial charge in [-0.15, -0.1) is 11.3 Å². The van der Waals surface area contributed by atoms with Gasteiger partial charge in [0, 0.05) is 29.9 Å². The lowest BCUT2D eigenvalue weighted by Crippen LogP contribution is -2.14. The summed E-state index contributed by atoms with van der Waals surface area (Å²) in [6.07, 6.45) is 3.18. The predicted molar refractivity (Wildman–Crippen MR) is 111 cm³/mol. The van der Waals surface area contributed by atoms with Crippen LogP contribution in [0.25, 0.3) is 11.1 Å². The Kier molecular flexibility index (Phi) is 5.03. The number of nitrogens with zero attached hydrogens (tertiary/aromatic N) is 3. The number of anilines is 3. The summed E-state index contributed by atoms with van der Waals surface area (Å²) in [7, 11) is -2.31. The SMILES string of the molecule is Cn1ncc(-c2ccccc2)c1Nc1ccc(S(=O)(=O)Nc2nccs2)c(F)c1. The van der Waals surface area contributed by atoms with Gasteiger partial charge in [0.15, 0.2) is 5.13 Å². The van der Waals surface area contributed by atoms with Crippen LogP contribution >= 0.6 is 11.3 Å². The third kappa shape index (κ3) is 3.98. The molecule has 0 aliphatic heterocycles. The van der Waals surface area contributed by atoms with Crippen LogP contribution in [0.4, 0.5) is 21.0 Å². The largest absolute Gasteiger partial charge is 0.340 e. The summed E-state index contributed by atoms with van der Waals surface area (Å²) in [6, 6.07) is 13.5. The van der Waals surface area contributed by atoms with Crippen molar-refractivity contribution in [3.8, 4) is 11.1 Å². The molecule has 0 saturated heterocycles. The van der Waals surface area contributed by atoms with Crippen LogP contribution in [0, 0.1) is 5.82 Å². The number of aryl methyl sites for hydroxylation is 1. The third-order valence-corrected chi connectivity index (χ3v) is 6.35. The smallest absolute Gasteiger partial charge is 0.266 e. The molecular weight excluding hydrogens is 413 g/mol. The van der Waals surface area contributed by atoms with Crippen molar-refractivity contribution in [1.82, 2.24) is 14.8 Å². The van der Waals surface area contributed by atoms with Gasteiger partial charge in [-0.3, -0.25) is 9.40 Å². The van der Waals surface area contributed by atoms with Crippen molar-refractivity contribution in [1.29, 1.82) is 0 Å². The highest BCUT2D eigenvalue weighted by Gasteiger charge is 2.21. The maximum Gasteiger partial charge on any atom is 0.266 e. The fraction of sp³-hybridized carbons (Fsp3) is 0.0526. The molecule has 148 valence electrons. The molecule has 10 heteroatoms. The van der Waals surface area contributed by atoms with Crippen molar-refractivity contribution in [2.75, 3.05) is 10.0 Å². The fourth-order valence-corrected chi connectivity index (χ4v) is 4.64. The van der Waals surface area contributed by atoms with Crippen molar-refractivity contribution >= 4 is 38.0 Å². The van der Waals surface area contributed by atoms with Gasteiger partial charge >= 0.3 is 0 Å². The molecule has 0 bridgehead atoms. The lowest BCUT2D eigenvalue weighted by Gasteiger charge is -2.12. The molecule has 29 heavy (non-hydrogen) atoms. The number of rotatable bonds is 6. The molecule has 0 saturated carbocycles. The number of nitrogens with one attached hydrogen (secondary N) is 2. The van der Waals surface area contributed by atoms with Gasteiger partial charge in [0.1, 0.15) is 16.5 Å². The lowest BCUT2D eigenvalue weighted by atomic mass is 10.1. The van der Waals surface area contributed by atoms with E-state index in [0.717, 1.165) is 28.5 Å². The van der Waals surface area contributed by atoms with Crippen LogP contribution < -0.4 is 10.0 Å². The molecule has 2 aromatic carbocycles. The van der Waals surface area contributed by atoms with Crippen molar-refractivity contribution in [2.45, 2.75) is 4.90 Å². The van der Waals surface area contributed by atoms with Crippen molar-refractivity contribution < 1.29 is 12.8 Å². The van der Waals surface area contributed by atoms with E-state index in [0.29, 0.717) is 11.5 Å². The first kappa shape index (κ1) is 19.1. The molecule has 0 aliphatic rings. The summed E-state index contributed by atoms with van der Waals surface area (Å²) in [5.41, 5.74) is 2.20. The zero-order chi connectivity index (χ0) is 20.4. The van der Waals surface area contributed by atoms with E-state index in [9.17, 15) is 12.8 Å². The minimum Gasteiger partial charge on any atom is -0.340 e.